The number of ether oxygens (including phenoxy) is 1. The minimum atomic E-state index is -0.406. The van der Waals surface area contributed by atoms with Gasteiger partial charge in [-0.3, -0.25) is 4.79 Å². The molecule has 0 aliphatic carbocycles. The molecule has 0 unspecified atom stereocenters. The molecule has 7 heteroatoms. The lowest BCUT2D eigenvalue weighted by atomic mass is 10.1. The molecule has 0 bridgehead atoms. The second-order valence-electron chi connectivity index (χ2n) is 5.96. The van der Waals surface area contributed by atoms with Crippen LogP contribution in [0, 0.1) is 0 Å². The highest BCUT2D eigenvalue weighted by Crippen LogP contribution is 2.08. The van der Waals surface area contributed by atoms with Crippen molar-refractivity contribution >= 4 is 17.9 Å². The summed E-state index contributed by atoms with van der Waals surface area (Å²) in [5.41, 5.74) is 2.30. The van der Waals surface area contributed by atoms with E-state index in [1.807, 2.05) is 30.3 Å². The van der Waals surface area contributed by atoms with Crippen molar-refractivity contribution in [2.75, 3.05) is 20.7 Å². The van der Waals surface area contributed by atoms with E-state index in [1.165, 1.54) is 12.0 Å². The van der Waals surface area contributed by atoms with Crippen molar-refractivity contribution in [1.82, 2.24) is 15.5 Å². The maximum absolute atomic E-state index is 12.2. The number of nitrogens with one attached hydrogen (secondary N) is 2. The van der Waals surface area contributed by atoms with Crippen LogP contribution >= 0.6 is 0 Å². The molecule has 0 aromatic heterocycles. The summed E-state index contributed by atoms with van der Waals surface area (Å²) >= 11 is 0. The van der Waals surface area contributed by atoms with Crippen LogP contribution in [0.25, 0.3) is 0 Å². The van der Waals surface area contributed by atoms with Gasteiger partial charge in [-0.2, -0.15) is 0 Å². The van der Waals surface area contributed by atoms with Crippen LogP contribution in [0.2, 0.25) is 0 Å². The zero-order valence-electron chi connectivity index (χ0n) is 15.4. The standard InChI is InChI=1S/C20H23N3O4/c1-23(14-16-8-10-17(11-9-16)19(25)27-2)18(24)13-22-20(26)21-12-15-6-4-3-5-7-15/h3-11H,12-14H2,1-2H3,(H2,21,22,26). The Kier molecular flexibility index (Phi) is 7.37. The summed E-state index contributed by atoms with van der Waals surface area (Å²) in [6, 6.07) is 15.9. The van der Waals surface area contributed by atoms with E-state index >= 15 is 0 Å². The summed E-state index contributed by atoms with van der Waals surface area (Å²) in [6.45, 7) is 0.661. The van der Waals surface area contributed by atoms with Gasteiger partial charge in [0.05, 0.1) is 19.2 Å². The number of amides is 3. The Morgan fingerprint density at radius 1 is 0.926 bits per heavy atom. The fourth-order valence-corrected chi connectivity index (χ4v) is 2.36. The van der Waals surface area contributed by atoms with Crippen LogP contribution in [0.1, 0.15) is 21.5 Å². The zero-order valence-corrected chi connectivity index (χ0v) is 15.4. The van der Waals surface area contributed by atoms with Crippen LogP contribution < -0.4 is 10.6 Å². The van der Waals surface area contributed by atoms with E-state index in [2.05, 4.69) is 15.4 Å². The van der Waals surface area contributed by atoms with E-state index in [0.717, 1.165) is 11.1 Å². The molecule has 0 heterocycles. The molecule has 3 amide bonds. The molecule has 0 atom stereocenters. The predicted octanol–water partition coefficient (Wildman–Crippen LogP) is 1.93. The molecule has 0 aliphatic rings. The fraction of sp³-hybridized carbons (Fsp3) is 0.250. The normalized spacial score (nSPS) is 10.0. The first-order chi connectivity index (χ1) is 13.0. The molecular weight excluding hydrogens is 346 g/mol. The molecule has 0 saturated carbocycles. The summed E-state index contributed by atoms with van der Waals surface area (Å²) in [6.07, 6.45) is 0. The van der Waals surface area contributed by atoms with Gasteiger partial charge in [-0.15, -0.1) is 0 Å². The Morgan fingerprint density at radius 3 is 2.22 bits per heavy atom. The molecule has 2 aromatic rings. The van der Waals surface area contributed by atoms with Crippen LogP contribution in [0.4, 0.5) is 4.79 Å². The van der Waals surface area contributed by atoms with Crippen molar-refractivity contribution in [3.05, 3.63) is 71.3 Å². The van der Waals surface area contributed by atoms with Crippen LogP contribution in [-0.4, -0.2) is 43.5 Å². The van der Waals surface area contributed by atoms with Crippen molar-refractivity contribution in [2.24, 2.45) is 0 Å². The number of likely N-dealkylation sites (N-methyl/N-ethyl adjacent to an activating group) is 1. The quantitative estimate of drug-likeness (QED) is 0.730. The lowest BCUT2D eigenvalue weighted by molar-refractivity contribution is -0.129. The summed E-state index contributed by atoms with van der Waals surface area (Å²) in [5, 5.41) is 5.25. The second-order valence-corrected chi connectivity index (χ2v) is 5.96. The third kappa shape index (κ3) is 6.47. The van der Waals surface area contributed by atoms with Gasteiger partial charge in [0.25, 0.3) is 0 Å². The lowest BCUT2D eigenvalue weighted by Gasteiger charge is -2.18. The Bertz CT molecular complexity index is 776. The van der Waals surface area contributed by atoms with Crippen molar-refractivity contribution in [2.45, 2.75) is 13.1 Å². The van der Waals surface area contributed by atoms with E-state index in [-0.39, 0.29) is 12.5 Å². The molecule has 0 radical (unpaired) electrons. The Labute approximate surface area is 158 Å². The second kappa shape index (κ2) is 9.96. The SMILES string of the molecule is COC(=O)c1ccc(CN(C)C(=O)CNC(=O)NCc2ccccc2)cc1. The molecule has 2 N–H and O–H groups in total. The number of urea groups is 1. The summed E-state index contributed by atoms with van der Waals surface area (Å²) < 4.78 is 4.65. The smallest absolute Gasteiger partial charge is 0.337 e. The van der Waals surface area contributed by atoms with E-state index in [0.29, 0.717) is 18.7 Å². The summed E-state index contributed by atoms with van der Waals surface area (Å²) in [7, 11) is 2.98. The number of esters is 1. The van der Waals surface area contributed by atoms with Crippen LogP contribution in [-0.2, 0) is 22.6 Å². The molecule has 7 nitrogen and oxygen atoms in total. The summed E-state index contributed by atoms with van der Waals surface area (Å²) in [4.78, 5) is 36.9. The number of benzene rings is 2. The van der Waals surface area contributed by atoms with Crippen molar-refractivity contribution in [3.8, 4) is 0 Å². The Morgan fingerprint density at radius 2 is 1.59 bits per heavy atom. The third-order valence-electron chi connectivity index (χ3n) is 3.92. The lowest BCUT2D eigenvalue weighted by Crippen LogP contribution is -2.42. The van der Waals surface area contributed by atoms with Crippen LogP contribution in [0.3, 0.4) is 0 Å². The van der Waals surface area contributed by atoms with Gasteiger partial charge in [-0.25, -0.2) is 9.59 Å². The van der Waals surface area contributed by atoms with Gasteiger partial charge in [0.2, 0.25) is 5.91 Å². The molecule has 2 rings (SSSR count). The number of carbonyl (C=O) groups is 3. The van der Waals surface area contributed by atoms with Gasteiger partial charge >= 0.3 is 12.0 Å². The number of nitrogens with zero attached hydrogens (tertiary/aromatic N) is 1. The number of carbonyl (C=O) groups excluding carboxylic acids is 3. The average molecular weight is 369 g/mol. The topological polar surface area (TPSA) is 87.7 Å². The monoisotopic (exact) mass is 369 g/mol. The van der Waals surface area contributed by atoms with Crippen molar-refractivity contribution in [1.29, 1.82) is 0 Å². The van der Waals surface area contributed by atoms with Crippen LogP contribution in [0.5, 0.6) is 0 Å². The molecule has 2 aromatic carbocycles. The van der Waals surface area contributed by atoms with Gasteiger partial charge in [-0.05, 0) is 23.3 Å². The van der Waals surface area contributed by atoms with E-state index in [9.17, 15) is 14.4 Å². The van der Waals surface area contributed by atoms with Gasteiger partial charge in [0.15, 0.2) is 0 Å². The number of methoxy groups -OCH3 is 1. The largest absolute Gasteiger partial charge is 0.465 e. The zero-order chi connectivity index (χ0) is 19.6. The molecule has 0 aliphatic heterocycles. The molecule has 142 valence electrons. The van der Waals surface area contributed by atoms with Crippen molar-refractivity contribution in [3.63, 3.8) is 0 Å². The predicted molar refractivity (Wildman–Crippen MR) is 101 cm³/mol. The minimum Gasteiger partial charge on any atom is -0.465 e. The molecule has 0 saturated heterocycles. The van der Waals surface area contributed by atoms with E-state index in [4.69, 9.17) is 0 Å². The number of rotatable bonds is 7. The first kappa shape index (κ1) is 20.0. The summed E-state index contributed by atoms with van der Waals surface area (Å²) in [5.74, 6) is -0.626. The van der Waals surface area contributed by atoms with Crippen LogP contribution in [0.15, 0.2) is 54.6 Å². The highest BCUT2D eigenvalue weighted by molar-refractivity contribution is 5.89. The molecule has 0 fully saturated rings. The number of hydrogen-bond acceptors (Lipinski definition) is 4. The highest BCUT2D eigenvalue weighted by atomic mass is 16.5. The molecular formula is C20H23N3O4. The van der Waals surface area contributed by atoms with Crippen molar-refractivity contribution < 1.29 is 19.1 Å². The molecule has 27 heavy (non-hydrogen) atoms. The first-order valence-electron chi connectivity index (χ1n) is 8.46. The highest BCUT2D eigenvalue weighted by Gasteiger charge is 2.12. The Hall–Kier alpha value is -3.35. The maximum Gasteiger partial charge on any atom is 0.337 e. The first-order valence-corrected chi connectivity index (χ1v) is 8.46. The maximum atomic E-state index is 12.2. The third-order valence-corrected chi connectivity index (χ3v) is 3.92. The minimum absolute atomic E-state index is 0.0998. The Balaban J connectivity index is 1.74. The van der Waals surface area contributed by atoms with Gasteiger partial charge < -0.3 is 20.3 Å². The average Bonchev–Trinajstić information content (AvgIpc) is 2.71. The van der Waals surface area contributed by atoms with E-state index < -0.39 is 12.0 Å². The van der Waals surface area contributed by atoms with Gasteiger partial charge in [0.1, 0.15) is 0 Å². The molecule has 0 spiro atoms. The number of hydrogen-bond donors (Lipinski definition) is 2. The fourth-order valence-electron chi connectivity index (χ4n) is 2.36. The van der Waals surface area contributed by atoms with E-state index in [1.54, 1.807) is 31.3 Å². The van der Waals surface area contributed by atoms with Gasteiger partial charge in [-0.1, -0.05) is 42.5 Å². The van der Waals surface area contributed by atoms with Gasteiger partial charge in [0, 0.05) is 20.1 Å².